The van der Waals surface area contributed by atoms with Gasteiger partial charge in [-0.2, -0.15) is 0 Å². The highest BCUT2D eigenvalue weighted by Gasteiger charge is 2.04. The van der Waals surface area contributed by atoms with E-state index < -0.39 is 7.32 Å². The minimum absolute atomic E-state index is 0.389. The summed E-state index contributed by atoms with van der Waals surface area (Å²) in [6.45, 7) is 27.6. The third-order valence-corrected chi connectivity index (χ3v) is 0. The van der Waals surface area contributed by atoms with E-state index in [9.17, 15) is 0 Å². The summed E-state index contributed by atoms with van der Waals surface area (Å²) >= 11 is 0. The van der Waals surface area contributed by atoms with E-state index in [2.05, 4.69) is 80.0 Å². The van der Waals surface area contributed by atoms with Crippen molar-refractivity contribution in [2.24, 2.45) is 0 Å². The summed E-state index contributed by atoms with van der Waals surface area (Å²) in [5, 5.41) is 25.2. The predicted octanol–water partition coefficient (Wildman–Crippen LogP) is 0.622. The second-order valence-electron chi connectivity index (χ2n) is 8.34. The normalized spacial score (nSPS) is 10.9. The molecule has 0 heterocycles. The van der Waals surface area contributed by atoms with Crippen LogP contribution in [-0.4, -0.2) is 87.3 Å². The van der Waals surface area contributed by atoms with Crippen molar-refractivity contribution in [1.29, 1.82) is 0 Å². The summed E-state index contributed by atoms with van der Waals surface area (Å²) in [5.74, 6) is 0. The lowest BCUT2D eigenvalue weighted by Gasteiger charge is -2.35. The Labute approximate surface area is 124 Å². The molecule has 0 fully saturated rings. The zero-order valence-corrected chi connectivity index (χ0v) is 17.8. The first-order valence-corrected chi connectivity index (χ1v) is 16.8. The van der Waals surface area contributed by atoms with E-state index in [1.54, 1.807) is 0 Å². The summed E-state index contributed by atoms with van der Waals surface area (Å²) < 4.78 is 0. The van der Waals surface area contributed by atoms with Crippen molar-refractivity contribution in [1.82, 2.24) is 0 Å². The summed E-state index contributed by atoms with van der Waals surface area (Å²) in [6, 6.07) is 0. The Kier molecular flexibility index (Phi) is 19.3. The van der Waals surface area contributed by atoms with Crippen LogP contribution in [0, 0.1) is 0 Å². The zero-order valence-electron chi connectivity index (χ0n) is 15.1. The minimum Gasteiger partial charge on any atom is -0.907 e. The summed E-state index contributed by atoms with van der Waals surface area (Å²) in [6.07, 6.45) is 0. The SMILES string of the molecule is C[P+](C)(C)C.C[P+](C)(C)C.C[P+](C)(C)C.[O-]B([O-])[O-]. The molecule has 0 aliphatic heterocycles. The van der Waals surface area contributed by atoms with Crippen molar-refractivity contribution in [3.63, 3.8) is 0 Å². The number of rotatable bonds is 0. The molecular formula is C12H36BO3P3. The van der Waals surface area contributed by atoms with Gasteiger partial charge in [-0.05, 0) is 0 Å². The quantitative estimate of drug-likeness (QED) is 0.482. The van der Waals surface area contributed by atoms with Crippen LogP contribution in [0.25, 0.3) is 0 Å². The monoisotopic (exact) mass is 332 g/mol. The van der Waals surface area contributed by atoms with Crippen LogP contribution in [0.5, 0.6) is 0 Å². The van der Waals surface area contributed by atoms with Gasteiger partial charge in [0.1, 0.15) is 0 Å². The van der Waals surface area contributed by atoms with Gasteiger partial charge >= 0.3 is 0 Å². The lowest BCUT2D eigenvalue weighted by molar-refractivity contribution is -0.479. The molecule has 0 N–H and O–H groups in total. The van der Waals surface area contributed by atoms with Crippen molar-refractivity contribution < 1.29 is 15.1 Å². The first kappa shape index (κ1) is 28.4. The van der Waals surface area contributed by atoms with E-state index in [0.29, 0.717) is 0 Å². The Bertz CT molecular complexity index is 133. The lowest BCUT2D eigenvalue weighted by Crippen LogP contribution is -2.56. The minimum atomic E-state index is -2.92. The van der Waals surface area contributed by atoms with Crippen molar-refractivity contribution >= 4 is 29.1 Å². The highest BCUT2D eigenvalue weighted by atomic mass is 31.2. The van der Waals surface area contributed by atoms with Gasteiger partial charge in [-0.15, -0.1) is 0 Å². The molecule has 0 aromatic rings. The molecule has 0 aliphatic carbocycles. The first-order valence-electron chi connectivity index (χ1n) is 6.07. The second-order valence-corrected chi connectivity index (χ2v) is 24.4. The molecule has 3 nitrogen and oxygen atoms in total. The van der Waals surface area contributed by atoms with Crippen molar-refractivity contribution in [2.75, 3.05) is 80.0 Å². The van der Waals surface area contributed by atoms with Crippen LogP contribution >= 0.6 is 21.8 Å². The molecular weight excluding hydrogens is 296 g/mol. The molecule has 0 aliphatic rings. The van der Waals surface area contributed by atoms with Gasteiger partial charge in [0.25, 0.3) is 0 Å². The highest BCUT2D eigenvalue weighted by Crippen LogP contribution is 2.41. The molecule has 19 heavy (non-hydrogen) atoms. The fourth-order valence-corrected chi connectivity index (χ4v) is 0. The van der Waals surface area contributed by atoms with Gasteiger partial charge < -0.3 is 15.1 Å². The molecule has 0 spiro atoms. The molecule has 0 atom stereocenters. The third kappa shape index (κ3) is 3750. The maximum absolute atomic E-state index is 8.42. The number of hydrogen-bond acceptors (Lipinski definition) is 3. The van der Waals surface area contributed by atoms with E-state index in [-0.39, 0.29) is 21.8 Å². The fourth-order valence-electron chi connectivity index (χ4n) is 0. The van der Waals surface area contributed by atoms with Gasteiger partial charge in [0.15, 0.2) is 0 Å². The Morgan fingerprint density at radius 2 is 0.421 bits per heavy atom. The predicted molar refractivity (Wildman–Crippen MR) is 97.6 cm³/mol. The van der Waals surface area contributed by atoms with Crippen LogP contribution in [0.15, 0.2) is 0 Å². The molecule has 0 radical (unpaired) electrons. The van der Waals surface area contributed by atoms with Crippen LogP contribution in [0.2, 0.25) is 0 Å². The van der Waals surface area contributed by atoms with Crippen LogP contribution in [0.1, 0.15) is 0 Å². The summed E-state index contributed by atoms with van der Waals surface area (Å²) in [5.41, 5.74) is 0. The van der Waals surface area contributed by atoms with Gasteiger partial charge in [-0.3, -0.25) is 7.32 Å². The molecule has 0 saturated heterocycles. The van der Waals surface area contributed by atoms with E-state index in [4.69, 9.17) is 15.1 Å². The van der Waals surface area contributed by atoms with Gasteiger partial charge in [0.05, 0.1) is 0 Å². The maximum atomic E-state index is 8.42. The van der Waals surface area contributed by atoms with E-state index in [0.717, 1.165) is 0 Å². The topological polar surface area (TPSA) is 69.2 Å². The molecule has 0 aromatic heterocycles. The highest BCUT2D eigenvalue weighted by molar-refractivity contribution is 7.73. The van der Waals surface area contributed by atoms with E-state index in [1.165, 1.54) is 0 Å². The van der Waals surface area contributed by atoms with Crippen molar-refractivity contribution in [2.45, 2.75) is 0 Å². The van der Waals surface area contributed by atoms with Crippen LogP contribution in [0.4, 0.5) is 0 Å². The van der Waals surface area contributed by atoms with Crippen molar-refractivity contribution in [3.8, 4) is 0 Å². The third-order valence-electron chi connectivity index (χ3n) is 0. The Morgan fingerprint density at radius 3 is 0.421 bits per heavy atom. The standard InChI is InChI=1S/3C4H12P.BO3/c3*1-5(2,3)4;2-1(3)4/h3*1-4H3;/q3*+1;-3. The Balaban J connectivity index is -0.0000000793. The average molecular weight is 332 g/mol. The van der Waals surface area contributed by atoms with Gasteiger partial charge in [0.2, 0.25) is 0 Å². The molecule has 7 heteroatoms. The van der Waals surface area contributed by atoms with E-state index >= 15 is 0 Å². The molecule has 0 saturated carbocycles. The maximum Gasteiger partial charge on any atom is 0.0481 e. The zero-order chi connectivity index (χ0) is 17.1. The Morgan fingerprint density at radius 1 is 0.421 bits per heavy atom. The van der Waals surface area contributed by atoms with E-state index in [1.807, 2.05) is 0 Å². The molecule has 120 valence electrons. The Hall–Kier alpha value is 1.23. The van der Waals surface area contributed by atoms with Crippen LogP contribution in [0.3, 0.4) is 0 Å². The molecule has 0 rings (SSSR count). The van der Waals surface area contributed by atoms with Gasteiger partial charge in [-0.1, -0.05) is 0 Å². The second kappa shape index (κ2) is 12.9. The molecule has 0 amide bonds. The van der Waals surface area contributed by atoms with Crippen LogP contribution in [-0.2, 0) is 0 Å². The van der Waals surface area contributed by atoms with Gasteiger partial charge in [0, 0.05) is 102 Å². The fraction of sp³-hybridized carbons (Fsp3) is 1.00. The smallest absolute Gasteiger partial charge is 0.0481 e. The molecule has 0 aromatic carbocycles. The summed E-state index contributed by atoms with van der Waals surface area (Å²) in [7, 11) is -4.08. The van der Waals surface area contributed by atoms with Gasteiger partial charge in [-0.25, -0.2) is 0 Å². The van der Waals surface area contributed by atoms with Crippen molar-refractivity contribution in [3.05, 3.63) is 0 Å². The summed E-state index contributed by atoms with van der Waals surface area (Å²) in [4.78, 5) is 0. The first-order chi connectivity index (χ1) is 7.73. The lowest BCUT2D eigenvalue weighted by atomic mass is 10.3. The largest absolute Gasteiger partial charge is 0.907 e. The number of hydrogen-bond donors (Lipinski definition) is 0. The molecule has 0 bridgehead atoms. The average Bonchev–Trinajstić information content (AvgIpc) is 1.66. The molecule has 0 unspecified atom stereocenters. The van der Waals surface area contributed by atoms with Crippen LogP contribution < -0.4 is 15.1 Å².